The summed E-state index contributed by atoms with van der Waals surface area (Å²) in [5.74, 6) is 5.84. The Kier molecular flexibility index (Phi) is 12.7. The molecule has 3 aliphatic heterocycles. The van der Waals surface area contributed by atoms with Gasteiger partial charge in [-0.3, -0.25) is 0 Å². The van der Waals surface area contributed by atoms with Crippen molar-refractivity contribution in [3.05, 3.63) is 35.0 Å². The molecule has 0 spiro atoms. The summed E-state index contributed by atoms with van der Waals surface area (Å²) in [7, 11) is -8.89. The Balaban J connectivity index is 1.68. The highest BCUT2D eigenvalue weighted by atomic mass is 28.4. The molecular formula is C21H42B4O9Si3. The molecule has 3 heterocycles. The number of hydrogen-bond donors (Lipinski definition) is 0. The minimum absolute atomic E-state index is 0.335. The lowest BCUT2D eigenvalue weighted by atomic mass is 9.90. The lowest BCUT2D eigenvalue weighted by Gasteiger charge is -2.33. The third kappa shape index (κ3) is 12.7. The Morgan fingerprint density at radius 3 is 0.973 bits per heavy atom. The predicted molar refractivity (Wildman–Crippen MR) is 156 cm³/mol. The van der Waals surface area contributed by atoms with Crippen molar-refractivity contribution < 1.29 is 41.0 Å². The maximum Gasteiger partial charge on any atom is 0.607 e. The minimum atomic E-state index is -2.35. The van der Waals surface area contributed by atoms with Crippen LogP contribution >= 0.6 is 0 Å². The molecule has 0 saturated carbocycles. The third-order valence-corrected chi connectivity index (χ3v) is 11.1. The average molecular weight is 566 g/mol. The summed E-state index contributed by atoms with van der Waals surface area (Å²) in [6, 6.07) is 0. The van der Waals surface area contributed by atoms with Crippen LogP contribution in [-0.2, 0) is 41.0 Å². The Hall–Kier alpha value is -0.230. The molecule has 0 N–H and O–H groups in total. The highest BCUT2D eigenvalue weighted by Gasteiger charge is 2.40. The van der Waals surface area contributed by atoms with Gasteiger partial charge in [0.15, 0.2) is 25.0 Å². The standard InChI is InChI=1S/C21H42B4O9Si3/c1-35(2,19-10-22-26-13-7-14-27-22)32-25(33-36(3,4)20-11-23-28-15-8-16-29-23)34-37(5,6)21-12-24-30-17-9-18-31-24/h10-12,19-21H,7-9,13-18H2,1-6H3/b19-10-,20-11+,21-12+. The van der Waals surface area contributed by atoms with Gasteiger partial charge in [0.05, 0.1) is 0 Å². The Morgan fingerprint density at radius 2 is 0.730 bits per heavy atom. The van der Waals surface area contributed by atoms with E-state index in [9.17, 15) is 0 Å². The summed E-state index contributed by atoms with van der Waals surface area (Å²) in [6.07, 6.45) is 2.75. The van der Waals surface area contributed by atoms with E-state index in [0.29, 0.717) is 39.6 Å². The van der Waals surface area contributed by atoms with E-state index in [-0.39, 0.29) is 21.4 Å². The van der Waals surface area contributed by atoms with Gasteiger partial charge in [-0.15, -0.1) is 0 Å². The van der Waals surface area contributed by atoms with Crippen LogP contribution in [0.5, 0.6) is 0 Å². The molecule has 0 aromatic rings. The molecule has 0 aromatic carbocycles. The zero-order valence-corrected chi connectivity index (χ0v) is 26.3. The summed E-state index contributed by atoms with van der Waals surface area (Å²) in [5, 5.41) is 0. The second-order valence-electron chi connectivity index (χ2n) is 10.9. The first-order valence-corrected chi connectivity index (χ1v) is 22.3. The fourth-order valence-corrected chi connectivity index (χ4v) is 7.88. The fraction of sp³-hybridized carbons (Fsp3) is 0.714. The molecule has 0 atom stereocenters. The first kappa shape index (κ1) is 31.3. The van der Waals surface area contributed by atoms with Crippen LogP contribution in [0, 0.1) is 0 Å². The monoisotopic (exact) mass is 566 g/mol. The van der Waals surface area contributed by atoms with E-state index in [1.54, 1.807) is 0 Å². The highest BCUT2D eigenvalue weighted by molar-refractivity contribution is 6.89. The molecular weight excluding hydrogens is 524 g/mol. The van der Waals surface area contributed by atoms with Crippen molar-refractivity contribution in [1.82, 2.24) is 0 Å². The van der Waals surface area contributed by atoms with Gasteiger partial charge in [-0.05, 0) is 58.5 Å². The molecule has 3 aliphatic rings. The molecule has 3 saturated heterocycles. The average Bonchev–Trinajstić information content (AvgIpc) is 2.86. The Labute approximate surface area is 227 Å². The lowest BCUT2D eigenvalue weighted by Crippen LogP contribution is -2.51. The van der Waals surface area contributed by atoms with Crippen molar-refractivity contribution in [1.29, 1.82) is 0 Å². The predicted octanol–water partition coefficient (Wildman–Crippen LogP) is 3.32. The SMILES string of the molecule is C[Si](C)(/C=C\B1OCCCO1)OB(O[Si](C)(C)/C=C/B1OCCCO1)O[Si](C)(C)/C=C/B1OCCCO1. The van der Waals surface area contributed by atoms with Crippen molar-refractivity contribution in [2.24, 2.45) is 0 Å². The molecule has 0 bridgehead atoms. The molecule has 0 unspecified atom stereocenters. The van der Waals surface area contributed by atoms with Crippen LogP contribution in [0.25, 0.3) is 0 Å². The second-order valence-corrected chi connectivity index (χ2v) is 22.2. The molecule has 3 rings (SSSR count). The molecule has 0 aliphatic carbocycles. The number of rotatable bonds is 12. The van der Waals surface area contributed by atoms with Crippen LogP contribution in [0.2, 0.25) is 39.3 Å². The van der Waals surface area contributed by atoms with E-state index in [1.165, 1.54) is 0 Å². The van der Waals surface area contributed by atoms with Gasteiger partial charge in [-0.2, -0.15) is 0 Å². The van der Waals surface area contributed by atoms with Crippen molar-refractivity contribution >= 4 is 53.6 Å². The van der Waals surface area contributed by atoms with Crippen LogP contribution < -0.4 is 0 Å². The van der Waals surface area contributed by atoms with Crippen LogP contribution in [0.1, 0.15) is 19.3 Å². The van der Waals surface area contributed by atoms with Crippen LogP contribution in [0.3, 0.4) is 0 Å². The molecule has 16 heteroatoms. The Bertz CT molecular complexity index is 671. The van der Waals surface area contributed by atoms with Crippen LogP contribution in [0.15, 0.2) is 35.0 Å². The van der Waals surface area contributed by atoms with Gasteiger partial charge in [0.25, 0.3) is 0 Å². The van der Waals surface area contributed by atoms with Crippen molar-refractivity contribution in [2.75, 3.05) is 39.6 Å². The summed E-state index contributed by atoms with van der Waals surface area (Å²) in [4.78, 5) is 0. The van der Waals surface area contributed by atoms with E-state index in [4.69, 9.17) is 41.0 Å². The van der Waals surface area contributed by atoms with Crippen molar-refractivity contribution in [2.45, 2.75) is 58.5 Å². The Morgan fingerprint density at radius 1 is 0.486 bits per heavy atom. The molecule has 0 radical (unpaired) electrons. The van der Waals surface area contributed by atoms with Gasteiger partial charge in [0, 0.05) is 39.6 Å². The second kappa shape index (κ2) is 15.0. The molecule has 204 valence electrons. The summed E-state index contributed by atoms with van der Waals surface area (Å²) in [6.45, 7) is 16.8. The number of hydrogen-bond acceptors (Lipinski definition) is 9. The van der Waals surface area contributed by atoms with Gasteiger partial charge in [-0.25, -0.2) is 0 Å². The largest absolute Gasteiger partial charge is 0.607 e. The van der Waals surface area contributed by atoms with Crippen LogP contribution in [0.4, 0.5) is 0 Å². The first-order chi connectivity index (χ1) is 17.5. The van der Waals surface area contributed by atoms with E-state index < -0.39 is 32.3 Å². The van der Waals surface area contributed by atoms with E-state index >= 15 is 0 Å². The van der Waals surface area contributed by atoms with E-state index in [2.05, 4.69) is 56.4 Å². The van der Waals surface area contributed by atoms with Crippen LogP contribution in [-0.4, -0.2) is 93.3 Å². The smallest absolute Gasteiger partial charge is 0.426 e. The quantitative estimate of drug-likeness (QED) is 0.331. The molecule has 0 amide bonds. The van der Waals surface area contributed by atoms with Gasteiger partial charge in [-0.1, -0.05) is 35.0 Å². The molecule has 3 fully saturated rings. The molecule has 0 aromatic heterocycles. The lowest BCUT2D eigenvalue weighted by molar-refractivity contribution is 0.142. The summed E-state index contributed by atoms with van der Waals surface area (Å²) >= 11 is 0. The summed E-state index contributed by atoms with van der Waals surface area (Å²) in [5.41, 5.74) is 6.22. The molecule has 9 nitrogen and oxygen atoms in total. The van der Waals surface area contributed by atoms with Gasteiger partial charge in [0.2, 0.25) is 0 Å². The van der Waals surface area contributed by atoms with Crippen molar-refractivity contribution in [3.63, 3.8) is 0 Å². The van der Waals surface area contributed by atoms with Gasteiger partial charge in [0.1, 0.15) is 0 Å². The zero-order valence-electron chi connectivity index (χ0n) is 23.3. The van der Waals surface area contributed by atoms with E-state index in [0.717, 1.165) is 19.3 Å². The van der Waals surface area contributed by atoms with Gasteiger partial charge >= 0.3 is 28.7 Å². The van der Waals surface area contributed by atoms with Gasteiger partial charge < -0.3 is 41.0 Å². The molecule has 37 heavy (non-hydrogen) atoms. The topological polar surface area (TPSA) is 83.1 Å². The summed E-state index contributed by atoms with van der Waals surface area (Å²) < 4.78 is 53.6. The third-order valence-electron chi connectivity index (χ3n) is 5.72. The maximum absolute atomic E-state index is 6.56. The minimum Gasteiger partial charge on any atom is -0.426 e. The maximum atomic E-state index is 6.56. The normalized spacial score (nSPS) is 21.1. The first-order valence-electron chi connectivity index (χ1n) is 13.3. The van der Waals surface area contributed by atoms with E-state index in [1.807, 2.05) is 17.9 Å². The highest BCUT2D eigenvalue weighted by Crippen LogP contribution is 2.20. The zero-order chi connectivity index (χ0) is 26.8. The van der Waals surface area contributed by atoms with Crippen molar-refractivity contribution in [3.8, 4) is 0 Å². The fourth-order valence-electron chi connectivity index (χ4n) is 3.72.